The zero-order valence-corrected chi connectivity index (χ0v) is 10.0. The van der Waals surface area contributed by atoms with Crippen LogP contribution in [0.5, 0.6) is 0 Å². The van der Waals surface area contributed by atoms with E-state index in [2.05, 4.69) is 31.0 Å². The Kier molecular flexibility index (Phi) is 4.21. The van der Waals surface area contributed by atoms with E-state index in [9.17, 15) is 0 Å². The molecule has 1 N–H and O–H groups in total. The van der Waals surface area contributed by atoms with Gasteiger partial charge in [0.15, 0.2) is 0 Å². The summed E-state index contributed by atoms with van der Waals surface area (Å²) in [6.07, 6.45) is 10.2. The summed E-state index contributed by atoms with van der Waals surface area (Å²) >= 11 is 0. The fraction of sp³-hybridized carbons (Fsp3) is 0.417. The van der Waals surface area contributed by atoms with Crippen molar-refractivity contribution in [1.82, 2.24) is 24.8 Å². The SMILES string of the molecule is Cc1cn(CCCNCc2cncnc2)cn1. The lowest BCUT2D eigenvalue weighted by Crippen LogP contribution is -2.16. The van der Waals surface area contributed by atoms with Crippen LogP contribution in [-0.4, -0.2) is 26.1 Å². The van der Waals surface area contributed by atoms with Gasteiger partial charge in [0.25, 0.3) is 0 Å². The van der Waals surface area contributed by atoms with E-state index in [1.54, 1.807) is 6.33 Å². The summed E-state index contributed by atoms with van der Waals surface area (Å²) < 4.78 is 2.11. The Morgan fingerprint density at radius 1 is 1.29 bits per heavy atom. The smallest absolute Gasteiger partial charge is 0.115 e. The van der Waals surface area contributed by atoms with Crippen molar-refractivity contribution in [2.24, 2.45) is 0 Å². The first-order valence-electron chi connectivity index (χ1n) is 5.77. The predicted molar refractivity (Wildman–Crippen MR) is 65.3 cm³/mol. The van der Waals surface area contributed by atoms with E-state index in [0.717, 1.165) is 37.3 Å². The topological polar surface area (TPSA) is 55.6 Å². The predicted octanol–water partition coefficient (Wildman–Crippen LogP) is 1.16. The fourth-order valence-corrected chi connectivity index (χ4v) is 1.63. The van der Waals surface area contributed by atoms with Crippen molar-refractivity contribution >= 4 is 0 Å². The summed E-state index contributed by atoms with van der Waals surface area (Å²) in [6, 6.07) is 0. The van der Waals surface area contributed by atoms with Crippen LogP contribution in [0.3, 0.4) is 0 Å². The molecule has 0 aliphatic carbocycles. The van der Waals surface area contributed by atoms with Crippen LogP contribution in [0.1, 0.15) is 17.7 Å². The third kappa shape index (κ3) is 3.96. The summed E-state index contributed by atoms with van der Waals surface area (Å²) in [5.41, 5.74) is 2.19. The van der Waals surface area contributed by atoms with Crippen LogP contribution in [-0.2, 0) is 13.1 Å². The average molecular weight is 231 g/mol. The summed E-state index contributed by atoms with van der Waals surface area (Å²) in [6.45, 7) is 4.80. The normalized spacial score (nSPS) is 10.6. The summed E-state index contributed by atoms with van der Waals surface area (Å²) in [5, 5.41) is 3.36. The zero-order chi connectivity index (χ0) is 11.9. The highest BCUT2D eigenvalue weighted by molar-refractivity contribution is 5.01. The Labute approximate surface area is 101 Å². The van der Waals surface area contributed by atoms with Gasteiger partial charge in [0, 0.05) is 37.2 Å². The largest absolute Gasteiger partial charge is 0.337 e. The molecule has 2 heterocycles. The Balaban J connectivity index is 1.61. The summed E-state index contributed by atoms with van der Waals surface area (Å²) in [5.74, 6) is 0. The lowest BCUT2D eigenvalue weighted by atomic mass is 10.3. The van der Waals surface area contributed by atoms with E-state index in [4.69, 9.17) is 0 Å². The van der Waals surface area contributed by atoms with Crippen molar-refractivity contribution in [3.8, 4) is 0 Å². The van der Waals surface area contributed by atoms with Gasteiger partial charge in [-0.15, -0.1) is 0 Å². The Morgan fingerprint density at radius 3 is 2.82 bits per heavy atom. The number of aromatic nitrogens is 4. The molecule has 0 fully saturated rings. The summed E-state index contributed by atoms with van der Waals surface area (Å²) in [7, 11) is 0. The molecule has 90 valence electrons. The molecule has 2 aromatic heterocycles. The van der Waals surface area contributed by atoms with E-state index in [-0.39, 0.29) is 0 Å². The average Bonchev–Trinajstić information content (AvgIpc) is 2.76. The van der Waals surface area contributed by atoms with Gasteiger partial charge in [-0.05, 0) is 19.9 Å². The Morgan fingerprint density at radius 2 is 2.12 bits per heavy atom. The van der Waals surface area contributed by atoms with Crippen LogP contribution in [0, 0.1) is 6.92 Å². The van der Waals surface area contributed by atoms with Crippen molar-refractivity contribution in [3.05, 3.63) is 42.5 Å². The fourth-order valence-electron chi connectivity index (χ4n) is 1.63. The molecule has 0 radical (unpaired) electrons. The van der Waals surface area contributed by atoms with Crippen molar-refractivity contribution < 1.29 is 0 Å². The van der Waals surface area contributed by atoms with E-state index < -0.39 is 0 Å². The van der Waals surface area contributed by atoms with Gasteiger partial charge in [-0.1, -0.05) is 0 Å². The van der Waals surface area contributed by atoms with E-state index >= 15 is 0 Å². The van der Waals surface area contributed by atoms with Crippen molar-refractivity contribution in [1.29, 1.82) is 0 Å². The van der Waals surface area contributed by atoms with E-state index in [1.807, 2.05) is 25.6 Å². The molecule has 0 amide bonds. The zero-order valence-electron chi connectivity index (χ0n) is 10.0. The van der Waals surface area contributed by atoms with Crippen molar-refractivity contribution in [2.45, 2.75) is 26.4 Å². The van der Waals surface area contributed by atoms with Gasteiger partial charge in [-0.25, -0.2) is 15.0 Å². The molecule has 0 aliphatic heterocycles. The molecule has 5 nitrogen and oxygen atoms in total. The molecule has 0 aliphatic rings. The van der Waals surface area contributed by atoms with Crippen LogP contribution >= 0.6 is 0 Å². The maximum atomic E-state index is 4.19. The van der Waals surface area contributed by atoms with Gasteiger partial charge >= 0.3 is 0 Å². The maximum absolute atomic E-state index is 4.19. The first-order valence-corrected chi connectivity index (χ1v) is 5.77. The first kappa shape index (κ1) is 11.7. The highest BCUT2D eigenvalue weighted by atomic mass is 15.0. The molecule has 0 spiro atoms. The van der Waals surface area contributed by atoms with Crippen LogP contribution in [0.25, 0.3) is 0 Å². The van der Waals surface area contributed by atoms with Gasteiger partial charge in [0.1, 0.15) is 6.33 Å². The molecule has 0 unspecified atom stereocenters. The number of aryl methyl sites for hydroxylation is 2. The molecule has 2 aromatic rings. The maximum Gasteiger partial charge on any atom is 0.115 e. The molecular formula is C12H17N5. The monoisotopic (exact) mass is 231 g/mol. The Hall–Kier alpha value is -1.75. The minimum absolute atomic E-state index is 0.823. The molecule has 17 heavy (non-hydrogen) atoms. The molecular weight excluding hydrogens is 214 g/mol. The van der Waals surface area contributed by atoms with Crippen LogP contribution < -0.4 is 5.32 Å². The van der Waals surface area contributed by atoms with Crippen LogP contribution in [0.15, 0.2) is 31.2 Å². The second kappa shape index (κ2) is 6.10. The van der Waals surface area contributed by atoms with Gasteiger partial charge in [-0.2, -0.15) is 0 Å². The number of hydrogen-bond acceptors (Lipinski definition) is 4. The number of imidazole rings is 1. The van der Waals surface area contributed by atoms with Gasteiger partial charge in [0.05, 0.1) is 12.0 Å². The minimum atomic E-state index is 0.823. The molecule has 5 heteroatoms. The van der Waals surface area contributed by atoms with Crippen molar-refractivity contribution in [3.63, 3.8) is 0 Å². The van der Waals surface area contributed by atoms with E-state index in [1.165, 1.54) is 0 Å². The lowest BCUT2D eigenvalue weighted by molar-refractivity contribution is 0.579. The highest BCUT2D eigenvalue weighted by Crippen LogP contribution is 1.96. The minimum Gasteiger partial charge on any atom is -0.337 e. The van der Waals surface area contributed by atoms with Gasteiger partial charge in [0.2, 0.25) is 0 Å². The molecule has 0 bridgehead atoms. The molecule has 0 saturated carbocycles. The van der Waals surface area contributed by atoms with Crippen molar-refractivity contribution in [2.75, 3.05) is 6.54 Å². The number of nitrogens with one attached hydrogen (secondary N) is 1. The molecule has 0 atom stereocenters. The second-order valence-corrected chi connectivity index (χ2v) is 4.03. The highest BCUT2D eigenvalue weighted by Gasteiger charge is 1.94. The first-order chi connectivity index (χ1) is 8.34. The number of hydrogen-bond donors (Lipinski definition) is 1. The Bertz CT molecular complexity index is 437. The lowest BCUT2D eigenvalue weighted by Gasteiger charge is -2.04. The molecule has 2 rings (SSSR count). The van der Waals surface area contributed by atoms with E-state index in [0.29, 0.717) is 0 Å². The number of rotatable bonds is 6. The molecule has 0 saturated heterocycles. The standard InChI is InChI=1S/C12H17N5/c1-11-8-17(10-16-11)4-2-3-13-5-12-6-14-9-15-7-12/h6-10,13H,2-5H2,1H3. The van der Waals surface area contributed by atoms with Gasteiger partial charge in [-0.3, -0.25) is 0 Å². The van der Waals surface area contributed by atoms with Gasteiger partial charge < -0.3 is 9.88 Å². The van der Waals surface area contributed by atoms with Crippen LogP contribution in [0.2, 0.25) is 0 Å². The quantitative estimate of drug-likeness (QED) is 0.758. The number of nitrogens with zero attached hydrogens (tertiary/aromatic N) is 4. The summed E-state index contributed by atoms with van der Waals surface area (Å²) in [4.78, 5) is 12.1. The van der Waals surface area contributed by atoms with Crippen LogP contribution in [0.4, 0.5) is 0 Å². The third-order valence-corrected chi connectivity index (χ3v) is 2.48. The second-order valence-electron chi connectivity index (χ2n) is 4.03. The third-order valence-electron chi connectivity index (χ3n) is 2.48. The molecule has 0 aromatic carbocycles.